The monoisotopic (exact) mass is 375 g/mol. The van der Waals surface area contributed by atoms with E-state index in [1.54, 1.807) is 0 Å². The van der Waals surface area contributed by atoms with Crippen molar-refractivity contribution in [3.05, 3.63) is 59.7 Å². The Morgan fingerprint density at radius 2 is 1.71 bits per heavy atom. The van der Waals surface area contributed by atoms with Gasteiger partial charge in [0.15, 0.2) is 0 Å². The molecule has 0 radical (unpaired) electrons. The second-order valence-electron chi connectivity index (χ2n) is 8.38. The fourth-order valence-corrected chi connectivity index (χ4v) is 4.85. The number of fused-ring (bicyclic) bond motifs is 1. The molecular formula is C24H29N3O. The molecule has 3 aliphatic heterocycles. The fraction of sp³-hybridized carbons (Fsp3) is 0.458. The molecule has 2 fully saturated rings. The number of para-hydroxylation sites is 1. The van der Waals surface area contributed by atoms with E-state index in [0.29, 0.717) is 0 Å². The van der Waals surface area contributed by atoms with E-state index >= 15 is 0 Å². The summed E-state index contributed by atoms with van der Waals surface area (Å²) in [6, 6.07) is 17.6. The molecule has 5 rings (SSSR count). The molecule has 0 unspecified atom stereocenters. The maximum absolute atomic E-state index is 5.67. The standard InChI is InChI=1S/C24H29N3O/c1-2-6-22-20(5-1)17-24(11-15-28-16-12-24)23(26-22)25-18-19-7-9-21(10-8-19)27-13-3-4-14-27/h1-2,5-10H,3-4,11-18H2,(H,25,26). The molecule has 146 valence electrons. The number of ether oxygens (including phenoxy) is 1. The summed E-state index contributed by atoms with van der Waals surface area (Å²) in [4.78, 5) is 7.57. The summed E-state index contributed by atoms with van der Waals surface area (Å²) in [6.07, 6.45) is 5.77. The summed E-state index contributed by atoms with van der Waals surface area (Å²) in [5.41, 5.74) is 5.33. The van der Waals surface area contributed by atoms with Gasteiger partial charge in [-0.2, -0.15) is 0 Å². The van der Waals surface area contributed by atoms with E-state index in [4.69, 9.17) is 9.73 Å². The van der Waals surface area contributed by atoms with Gasteiger partial charge in [0.2, 0.25) is 0 Å². The second kappa shape index (κ2) is 7.59. The molecule has 1 spiro atoms. The van der Waals surface area contributed by atoms with Crippen molar-refractivity contribution >= 4 is 17.2 Å². The molecule has 0 amide bonds. The van der Waals surface area contributed by atoms with Gasteiger partial charge in [-0.05, 0) is 61.4 Å². The minimum absolute atomic E-state index is 0.0993. The minimum atomic E-state index is 0.0993. The number of rotatable bonds is 3. The van der Waals surface area contributed by atoms with Gasteiger partial charge in [0.05, 0.1) is 6.54 Å². The number of hydrogen-bond acceptors (Lipinski definition) is 3. The Kier molecular flexibility index (Phi) is 4.81. The van der Waals surface area contributed by atoms with Crippen LogP contribution in [0.1, 0.15) is 36.8 Å². The Balaban J connectivity index is 1.37. The minimum Gasteiger partial charge on any atom is -0.381 e. The van der Waals surface area contributed by atoms with E-state index in [2.05, 4.69) is 58.7 Å². The normalized spacial score (nSPS) is 22.3. The average molecular weight is 376 g/mol. The summed E-state index contributed by atoms with van der Waals surface area (Å²) < 4.78 is 5.67. The number of nitrogens with zero attached hydrogens (tertiary/aromatic N) is 2. The third kappa shape index (κ3) is 3.42. The van der Waals surface area contributed by atoms with Crippen LogP contribution in [-0.2, 0) is 17.7 Å². The molecule has 4 nitrogen and oxygen atoms in total. The first-order chi connectivity index (χ1) is 13.8. The molecule has 3 heterocycles. The van der Waals surface area contributed by atoms with Crippen molar-refractivity contribution in [1.29, 1.82) is 0 Å². The van der Waals surface area contributed by atoms with Crippen LogP contribution in [0.4, 0.5) is 11.4 Å². The molecule has 4 heteroatoms. The van der Waals surface area contributed by atoms with Gasteiger partial charge < -0.3 is 15.0 Å². The number of nitrogens with one attached hydrogen (secondary N) is 1. The smallest absolute Gasteiger partial charge is 0.108 e. The van der Waals surface area contributed by atoms with Crippen molar-refractivity contribution in [1.82, 2.24) is 0 Å². The van der Waals surface area contributed by atoms with Crippen LogP contribution >= 0.6 is 0 Å². The second-order valence-corrected chi connectivity index (χ2v) is 8.38. The highest BCUT2D eigenvalue weighted by atomic mass is 16.5. The molecule has 0 aliphatic carbocycles. The molecule has 1 N–H and O–H groups in total. The van der Waals surface area contributed by atoms with Crippen LogP contribution in [0, 0.1) is 5.41 Å². The van der Waals surface area contributed by atoms with Crippen LogP contribution in [-0.4, -0.2) is 32.1 Å². The van der Waals surface area contributed by atoms with Gasteiger partial charge in [0.1, 0.15) is 5.84 Å². The number of aliphatic imine (C=N–C) groups is 1. The highest BCUT2D eigenvalue weighted by Gasteiger charge is 2.41. The Morgan fingerprint density at radius 3 is 2.50 bits per heavy atom. The first kappa shape index (κ1) is 17.7. The number of hydrogen-bond donors (Lipinski definition) is 1. The largest absolute Gasteiger partial charge is 0.381 e. The Bertz CT molecular complexity index is 846. The lowest BCUT2D eigenvalue weighted by Crippen LogP contribution is -2.45. The zero-order chi connectivity index (χ0) is 18.8. The van der Waals surface area contributed by atoms with Crippen LogP contribution < -0.4 is 10.2 Å². The summed E-state index contributed by atoms with van der Waals surface area (Å²) in [7, 11) is 0. The molecule has 2 aromatic rings. The van der Waals surface area contributed by atoms with Crippen molar-refractivity contribution in [2.24, 2.45) is 10.4 Å². The Labute approximate surface area is 167 Å². The van der Waals surface area contributed by atoms with Gasteiger partial charge in [-0.25, -0.2) is 0 Å². The maximum Gasteiger partial charge on any atom is 0.108 e. The van der Waals surface area contributed by atoms with Crippen molar-refractivity contribution < 1.29 is 4.74 Å². The van der Waals surface area contributed by atoms with Gasteiger partial charge in [-0.3, -0.25) is 4.99 Å². The zero-order valence-electron chi connectivity index (χ0n) is 16.5. The van der Waals surface area contributed by atoms with Crippen LogP contribution in [0.15, 0.2) is 53.5 Å². The van der Waals surface area contributed by atoms with Crippen molar-refractivity contribution in [3.63, 3.8) is 0 Å². The van der Waals surface area contributed by atoms with Gasteiger partial charge in [-0.15, -0.1) is 0 Å². The lowest BCUT2D eigenvalue weighted by molar-refractivity contribution is 0.0448. The van der Waals surface area contributed by atoms with E-state index in [9.17, 15) is 0 Å². The van der Waals surface area contributed by atoms with E-state index < -0.39 is 0 Å². The third-order valence-electron chi connectivity index (χ3n) is 6.58. The lowest BCUT2D eigenvalue weighted by Gasteiger charge is -2.42. The Morgan fingerprint density at radius 1 is 0.964 bits per heavy atom. The van der Waals surface area contributed by atoms with Gasteiger partial charge in [-0.1, -0.05) is 30.3 Å². The molecule has 28 heavy (non-hydrogen) atoms. The summed E-state index contributed by atoms with van der Waals surface area (Å²) >= 11 is 0. The van der Waals surface area contributed by atoms with Crippen molar-refractivity contribution in [2.45, 2.75) is 38.6 Å². The topological polar surface area (TPSA) is 36.9 Å². The number of benzene rings is 2. The van der Waals surface area contributed by atoms with Crippen molar-refractivity contribution in [3.8, 4) is 0 Å². The highest BCUT2D eigenvalue weighted by molar-refractivity contribution is 6.02. The van der Waals surface area contributed by atoms with Gasteiger partial charge in [0.25, 0.3) is 0 Å². The first-order valence-corrected chi connectivity index (χ1v) is 10.6. The predicted molar refractivity (Wildman–Crippen MR) is 115 cm³/mol. The molecule has 0 saturated carbocycles. The Hall–Kier alpha value is -2.33. The molecule has 2 saturated heterocycles. The summed E-state index contributed by atoms with van der Waals surface area (Å²) in [5.74, 6) is 1.15. The lowest BCUT2D eigenvalue weighted by atomic mass is 9.71. The third-order valence-corrected chi connectivity index (χ3v) is 6.58. The molecular weight excluding hydrogens is 346 g/mol. The predicted octanol–water partition coefficient (Wildman–Crippen LogP) is 4.65. The maximum atomic E-state index is 5.67. The van der Waals surface area contributed by atoms with Crippen molar-refractivity contribution in [2.75, 3.05) is 36.5 Å². The fourth-order valence-electron chi connectivity index (χ4n) is 4.85. The van der Waals surface area contributed by atoms with Crippen LogP contribution in [0.2, 0.25) is 0 Å². The SMILES string of the molecule is c1ccc2c(c1)CC1(CCOCC1)C(=NCc1ccc(N3CCCC3)cc1)N2. The number of amidine groups is 1. The van der Waals surface area contributed by atoms with E-state index in [1.807, 2.05) is 0 Å². The molecule has 0 aromatic heterocycles. The highest BCUT2D eigenvalue weighted by Crippen LogP contribution is 2.41. The van der Waals surface area contributed by atoms with Crippen LogP contribution in [0.5, 0.6) is 0 Å². The number of anilines is 2. The molecule has 0 bridgehead atoms. The van der Waals surface area contributed by atoms with E-state index in [1.165, 1.54) is 48.4 Å². The van der Waals surface area contributed by atoms with E-state index in [-0.39, 0.29) is 5.41 Å². The quantitative estimate of drug-likeness (QED) is 0.848. The zero-order valence-corrected chi connectivity index (χ0v) is 16.5. The van der Waals surface area contributed by atoms with Crippen LogP contribution in [0.3, 0.4) is 0 Å². The average Bonchev–Trinajstić information content (AvgIpc) is 3.28. The molecule has 2 aromatic carbocycles. The summed E-state index contributed by atoms with van der Waals surface area (Å²) in [5, 5.41) is 3.67. The van der Waals surface area contributed by atoms with Gasteiger partial charge >= 0.3 is 0 Å². The van der Waals surface area contributed by atoms with Gasteiger partial charge in [0, 0.05) is 43.1 Å². The molecule has 3 aliphatic rings. The summed E-state index contributed by atoms with van der Waals surface area (Å²) in [6.45, 7) is 4.76. The van der Waals surface area contributed by atoms with E-state index in [0.717, 1.165) is 44.9 Å². The van der Waals surface area contributed by atoms with Crippen LogP contribution in [0.25, 0.3) is 0 Å². The first-order valence-electron chi connectivity index (χ1n) is 10.6. The molecule has 0 atom stereocenters.